The van der Waals surface area contributed by atoms with Crippen molar-refractivity contribution >= 4 is 23.1 Å². The molecule has 2 nitrogen and oxygen atoms in total. The predicted octanol–water partition coefficient (Wildman–Crippen LogP) is 4.61. The van der Waals surface area contributed by atoms with Crippen LogP contribution in [-0.4, -0.2) is 7.11 Å². The van der Waals surface area contributed by atoms with Crippen LogP contribution >= 0.6 is 0 Å². The van der Waals surface area contributed by atoms with Crippen molar-refractivity contribution in [3.05, 3.63) is 65.9 Å². The van der Waals surface area contributed by atoms with Gasteiger partial charge in [0.25, 0.3) is 0 Å². The first-order chi connectivity index (χ1) is 9.35. The second-order valence-corrected chi connectivity index (χ2v) is 4.29. The average Bonchev–Trinajstić information content (AvgIpc) is 2.88. The van der Waals surface area contributed by atoms with Crippen molar-refractivity contribution in [2.24, 2.45) is 0 Å². The van der Waals surface area contributed by atoms with Crippen molar-refractivity contribution in [3.8, 4) is 5.75 Å². The predicted molar refractivity (Wildman–Crippen MR) is 78.1 cm³/mol. The Balaban J connectivity index is 1.84. The minimum absolute atomic E-state index is 0.858. The molecule has 94 valence electrons. The van der Waals surface area contributed by atoms with E-state index >= 15 is 0 Å². The van der Waals surface area contributed by atoms with Crippen molar-refractivity contribution in [2.45, 2.75) is 0 Å². The van der Waals surface area contributed by atoms with Gasteiger partial charge in [0.2, 0.25) is 0 Å². The molecule has 3 rings (SSSR count). The SMILES string of the molecule is COc1ccc(C=Cc2cc3ccccc3o2)cc1. The quantitative estimate of drug-likeness (QED) is 0.677. The lowest BCUT2D eigenvalue weighted by molar-refractivity contribution is 0.415. The zero-order chi connectivity index (χ0) is 13.1. The molecule has 0 N–H and O–H groups in total. The molecule has 0 aliphatic heterocycles. The van der Waals surface area contributed by atoms with Crippen molar-refractivity contribution in [1.82, 2.24) is 0 Å². The van der Waals surface area contributed by atoms with Gasteiger partial charge in [0.15, 0.2) is 0 Å². The third-order valence-electron chi connectivity index (χ3n) is 3.00. The fourth-order valence-corrected chi connectivity index (χ4v) is 1.98. The van der Waals surface area contributed by atoms with Gasteiger partial charge < -0.3 is 9.15 Å². The van der Waals surface area contributed by atoms with Gasteiger partial charge in [0, 0.05) is 5.39 Å². The van der Waals surface area contributed by atoms with Crippen LogP contribution in [0.4, 0.5) is 0 Å². The molecule has 0 aliphatic carbocycles. The van der Waals surface area contributed by atoms with Crippen LogP contribution in [0.25, 0.3) is 23.1 Å². The Morgan fingerprint density at radius 2 is 1.74 bits per heavy atom. The molecular formula is C17H14O2. The fraction of sp³-hybridized carbons (Fsp3) is 0.0588. The van der Waals surface area contributed by atoms with E-state index in [1.54, 1.807) is 7.11 Å². The molecule has 1 aromatic heterocycles. The van der Waals surface area contributed by atoms with Crippen LogP contribution in [0.1, 0.15) is 11.3 Å². The number of rotatable bonds is 3. The van der Waals surface area contributed by atoms with E-state index < -0.39 is 0 Å². The molecule has 0 atom stereocenters. The molecule has 2 heteroatoms. The highest BCUT2D eigenvalue weighted by Crippen LogP contribution is 2.21. The number of furan rings is 1. The first-order valence-electron chi connectivity index (χ1n) is 6.16. The zero-order valence-corrected chi connectivity index (χ0v) is 10.7. The summed E-state index contributed by atoms with van der Waals surface area (Å²) in [5.74, 6) is 1.72. The van der Waals surface area contributed by atoms with Gasteiger partial charge in [-0.25, -0.2) is 0 Å². The van der Waals surface area contributed by atoms with Gasteiger partial charge in [0.05, 0.1) is 7.11 Å². The van der Waals surface area contributed by atoms with E-state index in [4.69, 9.17) is 9.15 Å². The molecule has 0 unspecified atom stereocenters. The van der Waals surface area contributed by atoms with E-state index in [9.17, 15) is 0 Å². The lowest BCUT2D eigenvalue weighted by Gasteiger charge is -1.98. The van der Waals surface area contributed by atoms with Gasteiger partial charge in [-0.2, -0.15) is 0 Å². The molecule has 0 fully saturated rings. The fourth-order valence-electron chi connectivity index (χ4n) is 1.98. The molecule has 0 saturated carbocycles. The third kappa shape index (κ3) is 2.52. The molecule has 3 aromatic rings. The molecule has 19 heavy (non-hydrogen) atoms. The van der Waals surface area contributed by atoms with Crippen LogP contribution in [0.3, 0.4) is 0 Å². The highest BCUT2D eigenvalue weighted by Gasteiger charge is 1.99. The largest absolute Gasteiger partial charge is 0.497 e. The van der Waals surface area contributed by atoms with Gasteiger partial charge in [-0.05, 0) is 35.9 Å². The molecular weight excluding hydrogens is 236 g/mol. The number of ether oxygens (including phenoxy) is 1. The first-order valence-corrected chi connectivity index (χ1v) is 6.16. The van der Waals surface area contributed by atoms with E-state index in [0.29, 0.717) is 0 Å². The second-order valence-electron chi connectivity index (χ2n) is 4.29. The number of hydrogen-bond acceptors (Lipinski definition) is 2. The standard InChI is InChI=1S/C17H14O2/c1-18-15-9-6-13(7-10-15)8-11-16-12-14-4-2-3-5-17(14)19-16/h2-12H,1H3. The normalized spacial score (nSPS) is 11.2. The summed E-state index contributed by atoms with van der Waals surface area (Å²) in [6.07, 6.45) is 4.00. The molecule has 0 radical (unpaired) electrons. The van der Waals surface area contributed by atoms with E-state index in [2.05, 4.69) is 0 Å². The Bertz CT molecular complexity index is 672. The molecule has 0 bridgehead atoms. The van der Waals surface area contributed by atoms with E-state index in [0.717, 1.165) is 28.0 Å². The summed E-state index contributed by atoms with van der Waals surface area (Å²) in [6, 6.07) is 17.9. The summed E-state index contributed by atoms with van der Waals surface area (Å²) in [5.41, 5.74) is 2.03. The zero-order valence-electron chi connectivity index (χ0n) is 10.7. The minimum Gasteiger partial charge on any atom is -0.497 e. The summed E-state index contributed by atoms with van der Waals surface area (Å²) < 4.78 is 10.9. The van der Waals surface area contributed by atoms with Crippen LogP contribution < -0.4 is 4.74 Å². The number of benzene rings is 2. The summed E-state index contributed by atoms with van der Waals surface area (Å²) in [6.45, 7) is 0. The Morgan fingerprint density at radius 1 is 0.947 bits per heavy atom. The van der Waals surface area contributed by atoms with Crippen molar-refractivity contribution in [3.63, 3.8) is 0 Å². The minimum atomic E-state index is 0.858. The Kier molecular flexibility index (Phi) is 3.07. The van der Waals surface area contributed by atoms with E-state index in [-0.39, 0.29) is 0 Å². The molecule has 0 amide bonds. The lowest BCUT2D eigenvalue weighted by Crippen LogP contribution is -1.81. The summed E-state index contributed by atoms with van der Waals surface area (Å²) in [4.78, 5) is 0. The van der Waals surface area contributed by atoms with Gasteiger partial charge in [0.1, 0.15) is 17.1 Å². The van der Waals surface area contributed by atoms with Gasteiger partial charge in [-0.15, -0.1) is 0 Å². The summed E-state index contributed by atoms with van der Waals surface area (Å²) in [7, 11) is 1.67. The van der Waals surface area contributed by atoms with Crippen molar-refractivity contribution in [2.75, 3.05) is 7.11 Å². The van der Waals surface area contributed by atoms with Crippen LogP contribution in [0.5, 0.6) is 5.75 Å². The van der Waals surface area contributed by atoms with Gasteiger partial charge in [-0.3, -0.25) is 0 Å². The van der Waals surface area contributed by atoms with Gasteiger partial charge >= 0.3 is 0 Å². The van der Waals surface area contributed by atoms with Crippen molar-refractivity contribution in [1.29, 1.82) is 0 Å². The molecule has 0 saturated heterocycles. The summed E-state index contributed by atoms with van der Waals surface area (Å²) in [5, 5.41) is 1.12. The van der Waals surface area contributed by atoms with Crippen LogP contribution in [0.15, 0.2) is 59.0 Å². The molecule has 0 spiro atoms. The number of fused-ring (bicyclic) bond motifs is 1. The molecule has 1 heterocycles. The summed E-state index contributed by atoms with van der Waals surface area (Å²) >= 11 is 0. The lowest BCUT2D eigenvalue weighted by atomic mass is 10.2. The van der Waals surface area contributed by atoms with Crippen LogP contribution in [0, 0.1) is 0 Å². The molecule has 2 aromatic carbocycles. The number of para-hydroxylation sites is 1. The van der Waals surface area contributed by atoms with Crippen LogP contribution in [0.2, 0.25) is 0 Å². The molecule has 0 aliphatic rings. The highest BCUT2D eigenvalue weighted by molar-refractivity contribution is 5.81. The number of methoxy groups -OCH3 is 1. The third-order valence-corrected chi connectivity index (χ3v) is 3.00. The maximum atomic E-state index is 5.72. The number of hydrogen-bond donors (Lipinski definition) is 0. The Labute approximate surface area is 111 Å². The second kappa shape index (κ2) is 5.02. The highest BCUT2D eigenvalue weighted by atomic mass is 16.5. The van der Waals surface area contributed by atoms with Crippen LogP contribution in [-0.2, 0) is 0 Å². The average molecular weight is 250 g/mol. The van der Waals surface area contributed by atoms with E-state index in [1.807, 2.05) is 66.7 Å². The maximum Gasteiger partial charge on any atom is 0.134 e. The van der Waals surface area contributed by atoms with Gasteiger partial charge in [-0.1, -0.05) is 36.4 Å². The van der Waals surface area contributed by atoms with Crippen molar-refractivity contribution < 1.29 is 9.15 Å². The smallest absolute Gasteiger partial charge is 0.134 e. The Morgan fingerprint density at radius 3 is 2.47 bits per heavy atom. The first kappa shape index (κ1) is 11.6. The monoisotopic (exact) mass is 250 g/mol. The topological polar surface area (TPSA) is 22.4 Å². The Hall–Kier alpha value is -2.48. The maximum absolute atomic E-state index is 5.72. The van der Waals surface area contributed by atoms with E-state index in [1.165, 1.54) is 0 Å².